The van der Waals surface area contributed by atoms with Gasteiger partial charge in [-0.15, -0.1) is 0 Å². The highest BCUT2D eigenvalue weighted by Gasteiger charge is 2.28. The van der Waals surface area contributed by atoms with E-state index in [0.717, 1.165) is 0 Å². The van der Waals surface area contributed by atoms with E-state index in [1.165, 1.54) is 12.3 Å². The van der Waals surface area contributed by atoms with E-state index in [1.807, 2.05) is 13.8 Å². The van der Waals surface area contributed by atoms with Crippen LogP contribution in [0.1, 0.15) is 32.3 Å². The second kappa shape index (κ2) is 6.11. The summed E-state index contributed by atoms with van der Waals surface area (Å²) in [7, 11) is 0. The minimum Gasteiger partial charge on any atom is -0.396 e. The Bertz CT molecular complexity index is 512. The minimum absolute atomic E-state index is 0.0371. The molecule has 0 fully saturated rings. The number of hydrogen-bond donors (Lipinski definition) is 2. The van der Waals surface area contributed by atoms with Crippen LogP contribution in [0.4, 0.5) is 11.5 Å². The number of aromatic nitrogens is 1. The summed E-state index contributed by atoms with van der Waals surface area (Å²) in [5, 5.41) is 32.0. The van der Waals surface area contributed by atoms with E-state index in [4.69, 9.17) is 10.4 Å². The van der Waals surface area contributed by atoms with Crippen LogP contribution in [-0.4, -0.2) is 27.2 Å². The van der Waals surface area contributed by atoms with Crippen LogP contribution in [0, 0.1) is 21.4 Å². The van der Waals surface area contributed by atoms with Gasteiger partial charge in [0.1, 0.15) is 11.6 Å². The first-order valence-corrected chi connectivity index (χ1v) is 5.90. The lowest BCUT2D eigenvalue weighted by Gasteiger charge is -2.29. The third-order valence-electron chi connectivity index (χ3n) is 3.09. The summed E-state index contributed by atoms with van der Waals surface area (Å²) < 4.78 is 0. The number of anilines is 1. The molecule has 0 aliphatic carbocycles. The number of nitrogens with one attached hydrogen (secondary N) is 1. The van der Waals surface area contributed by atoms with E-state index in [0.29, 0.717) is 12.8 Å². The van der Waals surface area contributed by atoms with Gasteiger partial charge in [0.15, 0.2) is 0 Å². The van der Waals surface area contributed by atoms with Crippen molar-refractivity contribution in [1.29, 1.82) is 5.26 Å². The number of aliphatic hydroxyl groups is 1. The van der Waals surface area contributed by atoms with Crippen LogP contribution in [0.3, 0.4) is 0 Å². The van der Waals surface area contributed by atoms with Crippen molar-refractivity contribution in [3.8, 4) is 6.07 Å². The third-order valence-corrected chi connectivity index (χ3v) is 3.09. The molecule has 19 heavy (non-hydrogen) atoms. The largest absolute Gasteiger partial charge is 0.396 e. The third kappa shape index (κ3) is 3.39. The average Bonchev–Trinajstić information content (AvgIpc) is 2.38. The zero-order valence-corrected chi connectivity index (χ0v) is 10.9. The second-order valence-corrected chi connectivity index (χ2v) is 4.44. The van der Waals surface area contributed by atoms with Crippen LogP contribution in [0.5, 0.6) is 0 Å². The average molecular weight is 264 g/mol. The van der Waals surface area contributed by atoms with Crippen molar-refractivity contribution in [3.05, 3.63) is 27.9 Å². The van der Waals surface area contributed by atoms with Gasteiger partial charge in [0, 0.05) is 18.3 Å². The van der Waals surface area contributed by atoms with Crippen LogP contribution in [-0.2, 0) is 0 Å². The van der Waals surface area contributed by atoms with E-state index < -0.39 is 10.5 Å². The zero-order chi connectivity index (χ0) is 14.5. The molecule has 1 heterocycles. The standard InChI is InChI=1S/C12H16N4O3/c1-3-12(2,5-7-17)15-11-10(16(18)19)9(8-13)4-6-14-11/h4,6,17H,3,5,7H2,1-2H3,(H,14,15). The van der Waals surface area contributed by atoms with Crippen LogP contribution < -0.4 is 5.32 Å². The smallest absolute Gasteiger partial charge is 0.328 e. The fraction of sp³-hybridized carbons (Fsp3) is 0.500. The highest BCUT2D eigenvalue weighted by molar-refractivity contribution is 5.64. The first-order valence-electron chi connectivity index (χ1n) is 5.90. The van der Waals surface area contributed by atoms with Crippen LogP contribution in [0.2, 0.25) is 0 Å². The van der Waals surface area contributed by atoms with Crippen molar-refractivity contribution in [3.63, 3.8) is 0 Å². The Morgan fingerprint density at radius 2 is 2.37 bits per heavy atom. The molecule has 2 N–H and O–H groups in total. The summed E-state index contributed by atoms with van der Waals surface area (Å²) in [5.74, 6) is 0.0573. The maximum atomic E-state index is 11.1. The summed E-state index contributed by atoms with van der Waals surface area (Å²) in [4.78, 5) is 14.4. The molecule has 0 saturated heterocycles. The molecule has 0 radical (unpaired) electrons. The molecule has 7 nitrogen and oxygen atoms in total. The maximum Gasteiger partial charge on any atom is 0.328 e. The molecular weight excluding hydrogens is 248 g/mol. The number of aliphatic hydroxyl groups excluding tert-OH is 1. The van der Waals surface area contributed by atoms with Gasteiger partial charge < -0.3 is 10.4 Å². The monoisotopic (exact) mass is 264 g/mol. The molecule has 0 amide bonds. The lowest BCUT2D eigenvalue weighted by atomic mass is 9.95. The lowest BCUT2D eigenvalue weighted by Crippen LogP contribution is -2.35. The van der Waals surface area contributed by atoms with E-state index in [2.05, 4.69) is 10.3 Å². The van der Waals surface area contributed by atoms with Crippen molar-refractivity contribution in [1.82, 2.24) is 4.98 Å². The molecule has 1 atom stereocenters. The number of nitro groups is 1. The summed E-state index contributed by atoms with van der Waals surface area (Å²) in [5.41, 5.74) is -0.881. The SMILES string of the molecule is CCC(C)(CCO)Nc1nccc(C#N)c1[N+](=O)[O-]. The molecule has 0 aliphatic rings. The number of rotatable bonds is 6. The number of nitriles is 1. The normalized spacial score (nSPS) is 13.4. The quantitative estimate of drug-likeness (QED) is 0.598. The molecular formula is C12H16N4O3. The second-order valence-electron chi connectivity index (χ2n) is 4.44. The van der Waals surface area contributed by atoms with Crippen molar-refractivity contribution in [2.75, 3.05) is 11.9 Å². The fourth-order valence-electron chi connectivity index (χ4n) is 1.68. The summed E-state index contributed by atoms with van der Waals surface area (Å²) >= 11 is 0. The van der Waals surface area contributed by atoms with Crippen molar-refractivity contribution in [2.45, 2.75) is 32.2 Å². The van der Waals surface area contributed by atoms with E-state index in [9.17, 15) is 10.1 Å². The molecule has 1 unspecified atom stereocenters. The highest BCUT2D eigenvalue weighted by Crippen LogP contribution is 2.30. The molecule has 1 aromatic heterocycles. The first kappa shape index (κ1) is 14.9. The Hall–Kier alpha value is -2.20. The summed E-state index contributed by atoms with van der Waals surface area (Å²) in [6.45, 7) is 3.71. The summed E-state index contributed by atoms with van der Waals surface area (Å²) in [6, 6.07) is 3.09. The maximum absolute atomic E-state index is 11.1. The van der Waals surface area contributed by atoms with Gasteiger partial charge in [0.05, 0.1) is 4.92 Å². The van der Waals surface area contributed by atoms with Gasteiger partial charge in [0.25, 0.3) is 0 Å². The Morgan fingerprint density at radius 3 is 2.84 bits per heavy atom. The molecule has 0 aromatic carbocycles. The lowest BCUT2D eigenvalue weighted by molar-refractivity contribution is -0.384. The van der Waals surface area contributed by atoms with Gasteiger partial charge in [-0.2, -0.15) is 5.26 Å². The molecule has 0 bridgehead atoms. The van der Waals surface area contributed by atoms with Crippen molar-refractivity contribution in [2.24, 2.45) is 0 Å². The Morgan fingerprint density at radius 1 is 1.68 bits per heavy atom. The molecule has 1 rings (SSSR count). The van der Waals surface area contributed by atoms with Gasteiger partial charge in [-0.3, -0.25) is 10.1 Å². The first-order chi connectivity index (χ1) is 8.97. The van der Waals surface area contributed by atoms with Crippen LogP contribution in [0.15, 0.2) is 12.3 Å². The topological polar surface area (TPSA) is 112 Å². The van der Waals surface area contributed by atoms with Gasteiger partial charge >= 0.3 is 5.69 Å². The van der Waals surface area contributed by atoms with Crippen molar-refractivity contribution >= 4 is 11.5 Å². The molecule has 102 valence electrons. The fourth-order valence-corrected chi connectivity index (χ4v) is 1.68. The van der Waals surface area contributed by atoms with E-state index >= 15 is 0 Å². The van der Waals surface area contributed by atoms with Gasteiger partial charge in [0.2, 0.25) is 5.82 Å². The minimum atomic E-state index is -0.622. The molecule has 0 spiro atoms. The zero-order valence-electron chi connectivity index (χ0n) is 10.9. The van der Waals surface area contributed by atoms with Crippen LogP contribution in [0.25, 0.3) is 0 Å². The number of hydrogen-bond acceptors (Lipinski definition) is 6. The van der Waals surface area contributed by atoms with E-state index in [-0.39, 0.29) is 23.7 Å². The number of nitrogens with zero attached hydrogens (tertiary/aromatic N) is 3. The summed E-state index contributed by atoms with van der Waals surface area (Å²) in [6.07, 6.45) is 2.44. The van der Waals surface area contributed by atoms with Gasteiger partial charge in [-0.25, -0.2) is 4.98 Å². The highest BCUT2D eigenvalue weighted by atomic mass is 16.6. The Labute approximate surface area is 111 Å². The molecule has 1 aromatic rings. The van der Waals surface area contributed by atoms with Gasteiger partial charge in [-0.1, -0.05) is 6.92 Å². The predicted molar refractivity (Wildman–Crippen MR) is 69.6 cm³/mol. The Balaban J connectivity index is 3.21. The Kier molecular flexibility index (Phi) is 4.78. The van der Waals surface area contributed by atoms with Crippen LogP contribution >= 0.6 is 0 Å². The predicted octanol–water partition coefficient (Wildman–Crippen LogP) is 1.82. The van der Waals surface area contributed by atoms with Gasteiger partial charge in [-0.05, 0) is 25.8 Å². The van der Waals surface area contributed by atoms with Crippen molar-refractivity contribution < 1.29 is 10.0 Å². The van der Waals surface area contributed by atoms with E-state index in [1.54, 1.807) is 6.07 Å². The number of pyridine rings is 1. The molecule has 0 aliphatic heterocycles. The molecule has 7 heteroatoms. The molecule has 0 saturated carbocycles.